The Hall–Kier alpha value is -2.14. The number of hydrogen-bond donors (Lipinski definition) is 0. The van der Waals surface area contributed by atoms with Gasteiger partial charge in [0.25, 0.3) is 0 Å². The highest BCUT2D eigenvalue weighted by Gasteiger charge is 2.50. The van der Waals surface area contributed by atoms with Crippen LogP contribution in [0, 0.1) is 6.57 Å². The van der Waals surface area contributed by atoms with Gasteiger partial charge in [0.2, 0.25) is 6.10 Å². The van der Waals surface area contributed by atoms with E-state index < -0.39 is 42.4 Å². The first-order valence-electron chi connectivity index (χ1n) is 5.85. The van der Waals surface area contributed by atoms with Crippen molar-refractivity contribution in [2.24, 2.45) is 0 Å². The number of ether oxygens (including phenoxy) is 4. The number of rotatable bonds is 3. The van der Waals surface area contributed by atoms with E-state index in [0.717, 1.165) is 13.8 Å². The van der Waals surface area contributed by atoms with Crippen LogP contribution in [-0.2, 0) is 33.3 Å². The average molecular weight is 285 g/mol. The van der Waals surface area contributed by atoms with Crippen LogP contribution in [0.3, 0.4) is 0 Å². The van der Waals surface area contributed by atoms with E-state index in [9.17, 15) is 14.4 Å². The Kier molecular flexibility index (Phi) is 5.46. The van der Waals surface area contributed by atoms with E-state index in [4.69, 9.17) is 25.5 Å². The van der Waals surface area contributed by atoms with Gasteiger partial charge in [-0.1, -0.05) is 0 Å². The van der Waals surface area contributed by atoms with E-state index in [1.165, 1.54) is 6.92 Å². The highest BCUT2D eigenvalue weighted by Crippen LogP contribution is 2.25. The van der Waals surface area contributed by atoms with Gasteiger partial charge in [-0.3, -0.25) is 19.2 Å². The molecule has 20 heavy (non-hydrogen) atoms. The third-order valence-corrected chi connectivity index (χ3v) is 2.45. The second-order valence-corrected chi connectivity index (χ2v) is 4.15. The molecule has 8 nitrogen and oxygen atoms in total. The van der Waals surface area contributed by atoms with Crippen molar-refractivity contribution in [2.75, 3.05) is 6.61 Å². The summed E-state index contributed by atoms with van der Waals surface area (Å²) in [6.07, 6.45) is -4.27. The molecule has 0 aromatic heterocycles. The Labute approximate surface area is 115 Å². The molecule has 0 aliphatic carbocycles. The maximum Gasteiger partial charge on any atom is 0.368 e. The van der Waals surface area contributed by atoms with Gasteiger partial charge in [0.15, 0.2) is 12.2 Å². The molecule has 4 atom stereocenters. The fourth-order valence-corrected chi connectivity index (χ4v) is 1.83. The Bertz CT molecular complexity index is 442. The minimum atomic E-state index is -1.15. The van der Waals surface area contributed by atoms with Crippen molar-refractivity contribution in [1.29, 1.82) is 0 Å². The number of carbonyl (C=O) groups excluding carboxylic acids is 3. The normalized spacial score (nSPS) is 28.9. The van der Waals surface area contributed by atoms with Gasteiger partial charge in [-0.2, -0.15) is 0 Å². The summed E-state index contributed by atoms with van der Waals surface area (Å²) in [4.78, 5) is 36.5. The molecular weight excluding hydrogens is 270 g/mol. The largest absolute Gasteiger partial charge is 0.456 e. The summed E-state index contributed by atoms with van der Waals surface area (Å²) >= 11 is 0. The molecule has 0 aromatic carbocycles. The van der Waals surface area contributed by atoms with Crippen LogP contribution in [0.4, 0.5) is 0 Å². The highest BCUT2D eigenvalue weighted by molar-refractivity contribution is 5.68. The zero-order valence-corrected chi connectivity index (χ0v) is 11.3. The minimum absolute atomic E-state index is 0.123. The van der Waals surface area contributed by atoms with E-state index in [-0.39, 0.29) is 6.61 Å². The number of carbonyl (C=O) groups is 3. The van der Waals surface area contributed by atoms with Crippen LogP contribution in [-0.4, -0.2) is 49.1 Å². The number of hydrogen-bond acceptors (Lipinski definition) is 7. The molecule has 8 heteroatoms. The molecule has 0 spiro atoms. The zero-order valence-electron chi connectivity index (χ0n) is 11.3. The van der Waals surface area contributed by atoms with E-state index >= 15 is 0 Å². The summed E-state index contributed by atoms with van der Waals surface area (Å²) in [5.41, 5.74) is 0. The molecule has 0 aromatic rings. The third-order valence-electron chi connectivity index (χ3n) is 2.45. The van der Waals surface area contributed by atoms with Crippen LogP contribution >= 0.6 is 0 Å². The Morgan fingerprint density at radius 2 is 1.50 bits per heavy atom. The summed E-state index contributed by atoms with van der Waals surface area (Å²) in [7, 11) is 0. The van der Waals surface area contributed by atoms with Crippen molar-refractivity contribution in [2.45, 2.75) is 45.3 Å². The molecule has 110 valence electrons. The maximum absolute atomic E-state index is 11.1. The third kappa shape index (κ3) is 4.20. The van der Waals surface area contributed by atoms with Crippen molar-refractivity contribution in [1.82, 2.24) is 0 Å². The molecule has 0 saturated carbocycles. The summed E-state index contributed by atoms with van der Waals surface area (Å²) < 4.78 is 20.1. The lowest BCUT2D eigenvalue weighted by Gasteiger charge is -2.35. The summed E-state index contributed by atoms with van der Waals surface area (Å²) in [5.74, 6) is -1.90. The van der Waals surface area contributed by atoms with Crippen LogP contribution in [0.15, 0.2) is 0 Å². The van der Waals surface area contributed by atoms with Crippen molar-refractivity contribution >= 4 is 17.9 Å². The van der Waals surface area contributed by atoms with Crippen molar-refractivity contribution in [3.63, 3.8) is 0 Å². The SMILES string of the molecule is [C-]#[N+][C@H]1OC[C@@H](OC(C)=O)[C@@H](OC(C)=O)[C@@H]1OC(C)=O. The van der Waals surface area contributed by atoms with Gasteiger partial charge in [0, 0.05) is 20.8 Å². The average Bonchev–Trinajstić information content (AvgIpc) is 2.31. The number of nitrogens with zero attached hydrogens (tertiary/aromatic N) is 1. The molecule has 0 bridgehead atoms. The molecule has 0 unspecified atom stereocenters. The summed E-state index contributed by atoms with van der Waals surface area (Å²) in [5, 5.41) is 0. The van der Waals surface area contributed by atoms with E-state index in [1.54, 1.807) is 0 Å². The van der Waals surface area contributed by atoms with Gasteiger partial charge in [0.1, 0.15) is 0 Å². The van der Waals surface area contributed by atoms with Gasteiger partial charge in [-0.25, -0.2) is 6.57 Å². The molecular formula is C12H15NO7. The van der Waals surface area contributed by atoms with E-state index in [1.807, 2.05) is 0 Å². The topological polar surface area (TPSA) is 92.5 Å². The van der Waals surface area contributed by atoms with Gasteiger partial charge < -0.3 is 18.9 Å². The van der Waals surface area contributed by atoms with Gasteiger partial charge in [0.05, 0.1) is 6.61 Å². The van der Waals surface area contributed by atoms with Crippen molar-refractivity contribution < 1.29 is 33.3 Å². The molecule has 0 N–H and O–H groups in total. The van der Waals surface area contributed by atoms with Crippen molar-refractivity contribution in [3.8, 4) is 0 Å². The number of esters is 3. The summed E-state index contributed by atoms with van der Waals surface area (Å²) in [6.45, 7) is 10.4. The smallest absolute Gasteiger partial charge is 0.368 e. The molecule has 1 heterocycles. The molecule has 0 radical (unpaired) electrons. The Morgan fingerprint density at radius 1 is 1.00 bits per heavy atom. The fraction of sp³-hybridized carbons (Fsp3) is 0.667. The lowest BCUT2D eigenvalue weighted by molar-refractivity contribution is -0.219. The van der Waals surface area contributed by atoms with E-state index in [0.29, 0.717) is 0 Å². The van der Waals surface area contributed by atoms with E-state index in [2.05, 4.69) is 4.85 Å². The summed E-state index contributed by atoms with van der Waals surface area (Å²) in [6, 6.07) is 0. The van der Waals surface area contributed by atoms with Gasteiger partial charge in [-0.15, -0.1) is 0 Å². The van der Waals surface area contributed by atoms with Crippen LogP contribution in [0.25, 0.3) is 4.85 Å². The predicted octanol–water partition coefficient (Wildman–Crippen LogP) is 0.0571. The molecule has 1 aliphatic rings. The standard InChI is InChI=1S/C12H15NO7/c1-6(14)18-9-5-17-12(13-4)11(20-8(3)16)10(9)19-7(2)15/h9-12H,5H2,1-3H3/t9-,10-,11+,12+/m1/s1. The molecule has 1 saturated heterocycles. The first-order valence-corrected chi connectivity index (χ1v) is 5.85. The molecule has 1 fully saturated rings. The monoisotopic (exact) mass is 285 g/mol. The van der Waals surface area contributed by atoms with Gasteiger partial charge >= 0.3 is 24.1 Å². The quantitative estimate of drug-likeness (QED) is 0.411. The van der Waals surface area contributed by atoms with Crippen molar-refractivity contribution in [3.05, 3.63) is 11.4 Å². The van der Waals surface area contributed by atoms with Gasteiger partial charge in [-0.05, 0) is 0 Å². The zero-order chi connectivity index (χ0) is 15.3. The molecule has 0 amide bonds. The molecule has 1 aliphatic heterocycles. The predicted molar refractivity (Wildman–Crippen MR) is 63.0 cm³/mol. The Morgan fingerprint density at radius 3 is 1.95 bits per heavy atom. The lowest BCUT2D eigenvalue weighted by Crippen LogP contribution is -2.56. The fourth-order valence-electron chi connectivity index (χ4n) is 1.83. The molecule has 1 rings (SSSR count). The first-order chi connectivity index (χ1) is 9.35. The minimum Gasteiger partial charge on any atom is -0.456 e. The first kappa shape index (κ1) is 15.9. The van der Waals surface area contributed by atoms with Crippen LogP contribution in [0.1, 0.15) is 20.8 Å². The van der Waals surface area contributed by atoms with Crippen LogP contribution in [0.5, 0.6) is 0 Å². The maximum atomic E-state index is 11.1. The van der Waals surface area contributed by atoms with Crippen LogP contribution < -0.4 is 0 Å². The lowest BCUT2D eigenvalue weighted by atomic mass is 10.0. The van der Waals surface area contributed by atoms with Crippen LogP contribution in [0.2, 0.25) is 0 Å². The second kappa shape index (κ2) is 6.86. The highest BCUT2D eigenvalue weighted by atomic mass is 16.6. The second-order valence-electron chi connectivity index (χ2n) is 4.15. The Balaban J connectivity index is 2.99.